The Morgan fingerprint density at radius 1 is 1.14 bits per heavy atom. The summed E-state index contributed by atoms with van der Waals surface area (Å²) >= 11 is 0. The Kier molecular flexibility index (Phi) is 7.77. The molecular formula is C12H20N3O11P3. The second-order valence-electron chi connectivity index (χ2n) is 5.75. The summed E-state index contributed by atoms with van der Waals surface area (Å²) in [7, 11) is -14.5. The largest absolute Gasteiger partial charge is 0.488 e. The van der Waals surface area contributed by atoms with Gasteiger partial charge >= 0.3 is 23.2 Å². The monoisotopic (exact) mass is 475 g/mol. The molecule has 0 spiro atoms. The van der Waals surface area contributed by atoms with Gasteiger partial charge in [0.15, 0.2) is 0 Å². The van der Waals surface area contributed by atoms with Crippen LogP contribution in [0.3, 0.4) is 0 Å². The van der Waals surface area contributed by atoms with E-state index in [1.165, 1.54) is 13.3 Å². The van der Waals surface area contributed by atoms with Gasteiger partial charge in [-0.05, 0) is 18.2 Å². The molecule has 0 saturated carbocycles. The number of hydrogen-bond donors (Lipinski definition) is 5. The van der Waals surface area contributed by atoms with E-state index < -0.39 is 35.7 Å². The lowest BCUT2D eigenvalue weighted by molar-refractivity contribution is 0.0128. The highest BCUT2D eigenvalue weighted by Gasteiger charge is 2.40. The molecule has 2 heterocycles. The number of nitrogens with two attached hydrogens (primary N) is 1. The van der Waals surface area contributed by atoms with Crippen LogP contribution in [0.1, 0.15) is 5.69 Å². The third-order valence-electron chi connectivity index (χ3n) is 3.37. The number of anilines is 1. The van der Waals surface area contributed by atoms with Crippen LogP contribution < -0.4 is 5.73 Å². The van der Waals surface area contributed by atoms with Gasteiger partial charge in [0.25, 0.3) is 0 Å². The Morgan fingerprint density at radius 2 is 1.83 bits per heavy atom. The van der Waals surface area contributed by atoms with Gasteiger partial charge in [-0.15, -0.1) is 0 Å². The maximum absolute atomic E-state index is 12.0. The third-order valence-corrected chi connectivity index (χ3v) is 7.37. The number of phosphoric acid groups is 2. The number of hydrogen-bond acceptors (Lipinski definition) is 9. The summed E-state index contributed by atoms with van der Waals surface area (Å²) in [5.41, 5.74) is 7.63. The van der Waals surface area contributed by atoms with Gasteiger partial charge in [-0.25, -0.2) is 18.0 Å². The van der Waals surface area contributed by atoms with E-state index in [9.17, 15) is 23.5 Å². The standard InChI is InChI=1S/C12H20N3O11P3/c1-23-7-10(6-9-2-3-12-11(13)4-5-14-15(9)12)24-8-27(16,17)25-29(21,22)26-28(18,19)20/h2-5,10H,6-8,13H2,1H3,(H,16,17)(H,21,22)(H2,18,19,20). The van der Waals surface area contributed by atoms with Crippen LogP contribution in [0.25, 0.3) is 5.52 Å². The van der Waals surface area contributed by atoms with E-state index in [2.05, 4.69) is 13.7 Å². The second-order valence-corrected chi connectivity index (χ2v) is 10.5. The minimum absolute atomic E-state index is 0.0225. The summed E-state index contributed by atoms with van der Waals surface area (Å²) in [5.74, 6) is 0. The zero-order valence-corrected chi connectivity index (χ0v) is 17.7. The quantitative estimate of drug-likeness (QED) is 0.286. The normalized spacial score (nSPS) is 17.7. The summed E-state index contributed by atoms with van der Waals surface area (Å²) < 4.78 is 53.2. The average Bonchev–Trinajstić information content (AvgIpc) is 2.94. The van der Waals surface area contributed by atoms with Crippen molar-refractivity contribution in [1.29, 1.82) is 0 Å². The molecule has 0 aromatic carbocycles. The van der Waals surface area contributed by atoms with Crippen LogP contribution in [0.15, 0.2) is 24.4 Å². The second kappa shape index (κ2) is 9.34. The summed E-state index contributed by atoms with van der Waals surface area (Å²) in [6.45, 7) is -0.0225. The smallest absolute Gasteiger partial charge is 0.397 e. The molecule has 17 heteroatoms. The molecule has 0 aliphatic heterocycles. The van der Waals surface area contributed by atoms with Gasteiger partial charge in [0.2, 0.25) is 0 Å². The number of ether oxygens (including phenoxy) is 2. The SMILES string of the molecule is COCC(Cc1ccc2c(N)ccnn12)OCP(=O)(O)OP(=O)(O)OP(=O)(O)O. The molecule has 164 valence electrons. The summed E-state index contributed by atoms with van der Waals surface area (Å²) in [6, 6.07) is 5.06. The van der Waals surface area contributed by atoms with E-state index in [0.717, 1.165) is 0 Å². The number of aromatic nitrogens is 2. The highest BCUT2D eigenvalue weighted by molar-refractivity contribution is 7.68. The molecule has 2 rings (SSSR count). The highest BCUT2D eigenvalue weighted by Crippen LogP contribution is 2.65. The van der Waals surface area contributed by atoms with E-state index in [1.54, 1.807) is 22.7 Å². The summed E-state index contributed by atoms with van der Waals surface area (Å²) in [4.78, 5) is 35.9. The van der Waals surface area contributed by atoms with E-state index in [1.807, 2.05) is 0 Å². The maximum atomic E-state index is 12.0. The predicted molar refractivity (Wildman–Crippen MR) is 98.8 cm³/mol. The third kappa shape index (κ3) is 7.56. The molecule has 6 N–H and O–H groups in total. The van der Waals surface area contributed by atoms with E-state index >= 15 is 0 Å². The first kappa shape index (κ1) is 24.1. The first-order chi connectivity index (χ1) is 13.3. The van der Waals surface area contributed by atoms with Crippen molar-refractivity contribution in [3.05, 3.63) is 30.1 Å². The number of fused-ring (bicyclic) bond motifs is 1. The lowest BCUT2D eigenvalue weighted by Gasteiger charge is -2.20. The van der Waals surface area contributed by atoms with E-state index in [4.69, 9.17) is 25.0 Å². The maximum Gasteiger partial charge on any atom is 0.488 e. The molecule has 2 aromatic heterocycles. The lowest BCUT2D eigenvalue weighted by Crippen LogP contribution is -2.23. The van der Waals surface area contributed by atoms with Crippen molar-refractivity contribution in [2.45, 2.75) is 12.5 Å². The number of methoxy groups -OCH3 is 1. The topological polar surface area (TPSA) is 212 Å². The molecule has 0 bridgehead atoms. The van der Waals surface area contributed by atoms with Crippen molar-refractivity contribution in [1.82, 2.24) is 9.61 Å². The van der Waals surface area contributed by atoms with Crippen molar-refractivity contribution in [3.8, 4) is 0 Å². The van der Waals surface area contributed by atoms with Crippen molar-refractivity contribution >= 4 is 34.4 Å². The van der Waals surface area contributed by atoms with Gasteiger partial charge in [0.1, 0.15) is 6.35 Å². The minimum Gasteiger partial charge on any atom is -0.397 e. The minimum atomic E-state index is -5.52. The molecule has 0 aliphatic carbocycles. The van der Waals surface area contributed by atoms with Crippen molar-refractivity contribution in [2.75, 3.05) is 25.8 Å². The van der Waals surface area contributed by atoms with E-state index in [0.29, 0.717) is 16.9 Å². The zero-order valence-electron chi connectivity index (χ0n) is 15.0. The van der Waals surface area contributed by atoms with Crippen LogP contribution in [-0.4, -0.2) is 55.4 Å². The first-order valence-electron chi connectivity index (χ1n) is 7.76. The highest BCUT2D eigenvalue weighted by atomic mass is 31.3. The van der Waals surface area contributed by atoms with Crippen LogP contribution in [0.5, 0.6) is 0 Å². The first-order valence-corrected chi connectivity index (χ1v) is 12.6. The van der Waals surface area contributed by atoms with Gasteiger partial charge in [-0.2, -0.15) is 9.41 Å². The van der Waals surface area contributed by atoms with Crippen LogP contribution in [0, 0.1) is 0 Å². The predicted octanol–water partition coefficient (Wildman–Crippen LogP) is 0.860. The molecule has 0 amide bonds. The lowest BCUT2D eigenvalue weighted by atomic mass is 10.2. The van der Waals surface area contributed by atoms with Gasteiger partial charge in [0, 0.05) is 25.4 Å². The molecule has 2 aromatic rings. The van der Waals surface area contributed by atoms with Crippen molar-refractivity contribution in [2.24, 2.45) is 0 Å². The molecule has 0 fully saturated rings. The number of nitrogens with zero attached hydrogens (tertiary/aromatic N) is 2. The fourth-order valence-electron chi connectivity index (χ4n) is 2.36. The number of nitrogen functional groups attached to an aromatic ring is 1. The fourth-order valence-corrected chi connectivity index (χ4v) is 5.71. The van der Waals surface area contributed by atoms with Crippen LogP contribution in [-0.2, 0) is 38.2 Å². The Labute approximate surface area is 164 Å². The molecule has 0 aliphatic rings. The molecule has 29 heavy (non-hydrogen) atoms. The zero-order chi connectivity index (χ0) is 21.9. The average molecular weight is 475 g/mol. The molecule has 3 atom stereocenters. The van der Waals surface area contributed by atoms with Gasteiger partial charge in [-0.1, -0.05) is 0 Å². The fraction of sp³-hybridized carbons (Fsp3) is 0.417. The Balaban J connectivity index is 2.06. The van der Waals surface area contributed by atoms with Crippen molar-refractivity contribution < 1.29 is 51.4 Å². The Bertz CT molecular complexity index is 990. The van der Waals surface area contributed by atoms with Crippen LogP contribution in [0.2, 0.25) is 0 Å². The van der Waals surface area contributed by atoms with Crippen LogP contribution in [0.4, 0.5) is 5.69 Å². The molecule has 0 saturated heterocycles. The Morgan fingerprint density at radius 3 is 2.45 bits per heavy atom. The van der Waals surface area contributed by atoms with Gasteiger partial charge < -0.3 is 34.8 Å². The van der Waals surface area contributed by atoms with Gasteiger partial charge in [-0.3, -0.25) is 4.57 Å². The Hall–Kier alpha value is -1.14. The summed E-state index contributed by atoms with van der Waals surface area (Å²) in [6.07, 6.45) is -0.220. The van der Waals surface area contributed by atoms with Crippen LogP contribution >= 0.6 is 23.2 Å². The van der Waals surface area contributed by atoms with Crippen molar-refractivity contribution in [3.63, 3.8) is 0 Å². The van der Waals surface area contributed by atoms with Gasteiger partial charge in [0.05, 0.1) is 23.9 Å². The molecule has 0 radical (unpaired) electrons. The van der Waals surface area contributed by atoms with E-state index in [-0.39, 0.29) is 13.0 Å². The molecule has 3 unspecified atom stereocenters. The molecule has 14 nitrogen and oxygen atoms in total. The summed E-state index contributed by atoms with van der Waals surface area (Å²) in [5, 5.41) is 4.16. The molecular weight excluding hydrogens is 455 g/mol. The number of rotatable bonds is 11.